The number of benzene rings is 1. The summed E-state index contributed by atoms with van der Waals surface area (Å²) in [6.07, 6.45) is 0.990. The van der Waals surface area contributed by atoms with Crippen molar-refractivity contribution in [2.24, 2.45) is 11.7 Å². The van der Waals surface area contributed by atoms with Crippen molar-refractivity contribution in [2.45, 2.75) is 38.4 Å². The summed E-state index contributed by atoms with van der Waals surface area (Å²) < 4.78 is 1.17. The van der Waals surface area contributed by atoms with Crippen LogP contribution in [0.3, 0.4) is 0 Å². The molecule has 0 amide bonds. The highest BCUT2D eigenvalue weighted by Gasteiger charge is 2.37. The van der Waals surface area contributed by atoms with Gasteiger partial charge >= 0.3 is 0 Å². The van der Waals surface area contributed by atoms with Gasteiger partial charge in [0.1, 0.15) is 0 Å². The van der Waals surface area contributed by atoms with E-state index < -0.39 is 0 Å². The summed E-state index contributed by atoms with van der Waals surface area (Å²) >= 11 is 3.71. The van der Waals surface area contributed by atoms with Gasteiger partial charge in [0.15, 0.2) is 0 Å². The highest BCUT2D eigenvalue weighted by atomic mass is 79.9. The van der Waals surface area contributed by atoms with Crippen LogP contribution < -0.4 is 5.73 Å². The molecule has 1 saturated heterocycles. The van der Waals surface area contributed by atoms with Gasteiger partial charge in [0.25, 0.3) is 0 Å². The van der Waals surface area contributed by atoms with E-state index in [2.05, 4.69) is 77.9 Å². The average Bonchev–Trinajstić information content (AvgIpc) is 2.83. The van der Waals surface area contributed by atoms with Gasteiger partial charge < -0.3 is 10.6 Å². The van der Waals surface area contributed by atoms with Gasteiger partial charge in [0.2, 0.25) is 0 Å². The molecule has 1 aliphatic heterocycles. The van der Waals surface area contributed by atoms with Gasteiger partial charge in [-0.25, -0.2) is 0 Å². The molecule has 1 fully saturated rings. The maximum atomic E-state index is 6.49. The van der Waals surface area contributed by atoms with E-state index in [-0.39, 0.29) is 12.1 Å². The first-order valence-electron chi connectivity index (χ1n) is 7.86. The number of likely N-dealkylation sites (tertiary alicyclic amines) is 1. The van der Waals surface area contributed by atoms with Crippen molar-refractivity contribution >= 4 is 15.9 Å². The van der Waals surface area contributed by atoms with Gasteiger partial charge in [-0.05, 0) is 38.1 Å². The lowest BCUT2D eigenvalue weighted by atomic mass is 9.96. The highest BCUT2D eigenvalue weighted by molar-refractivity contribution is 9.10. The van der Waals surface area contributed by atoms with Crippen molar-refractivity contribution in [1.82, 2.24) is 9.80 Å². The standard InChI is InChI=1S/C17H28BrN3/c1-5-15(19)17(13-8-6-7-9-14(13)18)21-10-12(2)16(11-21)20(3)4/h6-9,12,15-17H,5,10-11,19H2,1-4H3. The van der Waals surface area contributed by atoms with Crippen LogP contribution in [0, 0.1) is 5.92 Å². The molecule has 3 nitrogen and oxygen atoms in total. The quantitative estimate of drug-likeness (QED) is 0.882. The highest BCUT2D eigenvalue weighted by Crippen LogP contribution is 2.35. The molecule has 2 N–H and O–H groups in total. The lowest BCUT2D eigenvalue weighted by Crippen LogP contribution is -2.41. The maximum Gasteiger partial charge on any atom is 0.0511 e. The van der Waals surface area contributed by atoms with Gasteiger partial charge in [-0.3, -0.25) is 4.90 Å². The molecule has 21 heavy (non-hydrogen) atoms. The third kappa shape index (κ3) is 3.67. The van der Waals surface area contributed by atoms with Crippen LogP contribution in [0.1, 0.15) is 31.9 Å². The van der Waals surface area contributed by atoms with Gasteiger partial charge in [0.05, 0.1) is 6.04 Å². The lowest BCUT2D eigenvalue weighted by Gasteiger charge is -2.33. The molecule has 4 unspecified atom stereocenters. The lowest BCUT2D eigenvalue weighted by molar-refractivity contribution is 0.189. The van der Waals surface area contributed by atoms with E-state index >= 15 is 0 Å². The van der Waals surface area contributed by atoms with Crippen LogP contribution in [0.2, 0.25) is 0 Å². The molecule has 0 spiro atoms. The van der Waals surface area contributed by atoms with E-state index in [0.29, 0.717) is 12.0 Å². The summed E-state index contributed by atoms with van der Waals surface area (Å²) in [5, 5.41) is 0. The molecule has 0 saturated carbocycles. The van der Waals surface area contributed by atoms with E-state index in [4.69, 9.17) is 5.73 Å². The minimum Gasteiger partial charge on any atom is -0.326 e. The average molecular weight is 354 g/mol. The van der Waals surface area contributed by atoms with Crippen LogP contribution in [0.4, 0.5) is 0 Å². The van der Waals surface area contributed by atoms with Crippen LogP contribution in [0.15, 0.2) is 28.7 Å². The molecule has 4 atom stereocenters. The molecule has 0 aromatic heterocycles. The Labute approximate surface area is 137 Å². The van der Waals surface area contributed by atoms with Gasteiger partial charge in [-0.15, -0.1) is 0 Å². The SMILES string of the molecule is CCC(N)C(c1ccccc1Br)N1CC(C)C(N(C)C)C1. The molecular formula is C17H28BrN3. The van der Waals surface area contributed by atoms with Crippen molar-refractivity contribution in [2.75, 3.05) is 27.2 Å². The molecule has 1 aromatic carbocycles. The third-order valence-corrected chi connectivity index (χ3v) is 5.48. The Morgan fingerprint density at radius 1 is 1.33 bits per heavy atom. The molecule has 1 heterocycles. The largest absolute Gasteiger partial charge is 0.326 e. The predicted molar refractivity (Wildman–Crippen MR) is 93.4 cm³/mol. The van der Waals surface area contributed by atoms with Crippen LogP contribution >= 0.6 is 15.9 Å². The zero-order valence-electron chi connectivity index (χ0n) is 13.6. The summed E-state index contributed by atoms with van der Waals surface area (Å²) in [5.41, 5.74) is 7.81. The molecule has 1 aliphatic rings. The first kappa shape index (κ1) is 16.9. The summed E-state index contributed by atoms with van der Waals surface area (Å²) in [6.45, 7) is 6.73. The molecule has 1 aromatic rings. The normalized spacial score (nSPS) is 26.2. The van der Waals surface area contributed by atoms with Gasteiger partial charge in [0, 0.05) is 29.6 Å². The fourth-order valence-electron chi connectivity index (χ4n) is 3.52. The Bertz CT molecular complexity index is 463. The Kier molecular flexibility index (Phi) is 5.83. The van der Waals surface area contributed by atoms with Crippen LogP contribution in [0.25, 0.3) is 0 Å². The number of likely N-dealkylation sites (N-methyl/N-ethyl adjacent to an activating group) is 1. The second kappa shape index (κ2) is 7.23. The number of rotatable bonds is 5. The molecule has 2 rings (SSSR count). The Balaban J connectivity index is 2.28. The summed E-state index contributed by atoms with van der Waals surface area (Å²) in [7, 11) is 4.36. The monoisotopic (exact) mass is 353 g/mol. The van der Waals surface area contributed by atoms with Gasteiger partial charge in [-0.2, -0.15) is 0 Å². The van der Waals surface area contributed by atoms with Crippen LogP contribution in [0.5, 0.6) is 0 Å². The molecule has 0 radical (unpaired) electrons. The van der Waals surface area contributed by atoms with Crippen molar-refractivity contribution < 1.29 is 0 Å². The minimum absolute atomic E-state index is 0.164. The topological polar surface area (TPSA) is 32.5 Å². The van der Waals surface area contributed by atoms with E-state index in [1.807, 2.05) is 0 Å². The molecule has 4 heteroatoms. The summed E-state index contributed by atoms with van der Waals surface area (Å²) in [5.74, 6) is 0.675. The predicted octanol–water partition coefficient (Wildman–Crippen LogP) is 3.11. The zero-order chi connectivity index (χ0) is 15.6. The number of nitrogens with two attached hydrogens (primary N) is 1. The number of hydrogen-bond acceptors (Lipinski definition) is 3. The summed E-state index contributed by atoms with van der Waals surface area (Å²) in [4.78, 5) is 4.92. The molecule has 0 aliphatic carbocycles. The smallest absolute Gasteiger partial charge is 0.0511 e. The maximum absolute atomic E-state index is 6.49. The second-order valence-electron chi connectivity index (χ2n) is 6.50. The first-order chi connectivity index (χ1) is 9.95. The van der Waals surface area contributed by atoms with E-state index in [9.17, 15) is 0 Å². The Morgan fingerprint density at radius 2 is 2.00 bits per heavy atom. The minimum atomic E-state index is 0.164. The number of nitrogens with zero attached hydrogens (tertiary/aromatic N) is 2. The van der Waals surface area contributed by atoms with Crippen LogP contribution in [-0.2, 0) is 0 Å². The third-order valence-electron chi connectivity index (χ3n) is 4.76. The molecular weight excluding hydrogens is 326 g/mol. The van der Waals surface area contributed by atoms with Crippen molar-refractivity contribution in [3.8, 4) is 0 Å². The number of hydrogen-bond donors (Lipinski definition) is 1. The zero-order valence-corrected chi connectivity index (χ0v) is 15.2. The molecule has 118 valence electrons. The number of halogens is 1. The Hall–Kier alpha value is -0.420. The summed E-state index contributed by atoms with van der Waals surface area (Å²) in [6, 6.07) is 9.57. The van der Waals surface area contributed by atoms with Crippen LogP contribution in [-0.4, -0.2) is 49.1 Å². The fourth-order valence-corrected chi connectivity index (χ4v) is 4.04. The first-order valence-corrected chi connectivity index (χ1v) is 8.65. The second-order valence-corrected chi connectivity index (χ2v) is 7.35. The van der Waals surface area contributed by atoms with Crippen molar-refractivity contribution in [1.29, 1.82) is 0 Å². The van der Waals surface area contributed by atoms with E-state index in [1.54, 1.807) is 0 Å². The van der Waals surface area contributed by atoms with Gasteiger partial charge in [-0.1, -0.05) is 48.0 Å². The fraction of sp³-hybridized carbons (Fsp3) is 0.647. The van der Waals surface area contributed by atoms with Crippen molar-refractivity contribution in [3.05, 3.63) is 34.3 Å². The van der Waals surface area contributed by atoms with E-state index in [0.717, 1.165) is 19.5 Å². The molecule has 0 bridgehead atoms. The van der Waals surface area contributed by atoms with Crippen molar-refractivity contribution in [3.63, 3.8) is 0 Å². The Morgan fingerprint density at radius 3 is 2.52 bits per heavy atom. The van der Waals surface area contributed by atoms with E-state index in [1.165, 1.54) is 10.0 Å².